The van der Waals surface area contributed by atoms with Crippen LogP contribution in [0.5, 0.6) is 0 Å². The van der Waals surface area contributed by atoms with Crippen LogP contribution in [0.15, 0.2) is 18.2 Å². The smallest absolute Gasteiger partial charge is 0.408 e. The Morgan fingerprint density at radius 2 is 2.04 bits per heavy atom. The standard InChI is InChI=1S/C16H20N4O3/c1-9-13(20-15(22)23-16(2,3)4)14(21)19-11-6-5-10(8-17)7-12(11)18-9/h5-7,9,13,18H,1-4H3,(H,19,21)(H,20,22). The van der Waals surface area contributed by atoms with E-state index >= 15 is 0 Å². The summed E-state index contributed by atoms with van der Waals surface area (Å²) in [5.41, 5.74) is 1.04. The Labute approximate surface area is 135 Å². The maximum absolute atomic E-state index is 12.4. The first kappa shape index (κ1) is 16.6. The first-order chi connectivity index (χ1) is 10.7. The van der Waals surface area contributed by atoms with E-state index < -0.39 is 17.7 Å². The fourth-order valence-electron chi connectivity index (χ4n) is 2.23. The molecule has 2 rings (SSSR count). The SMILES string of the molecule is CC1Nc2cc(C#N)ccc2NC(=O)C1NC(=O)OC(C)(C)C. The molecule has 7 heteroatoms. The molecular weight excluding hydrogens is 296 g/mol. The number of carbonyl (C=O) groups excluding carboxylic acids is 2. The zero-order valence-electron chi connectivity index (χ0n) is 13.6. The third kappa shape index (κ3) is 4.13. The van der Waals surface area contributed by atoms with E-state index in [1.54, 1.807) is 45.9 Å². The molecule has 0 saturated heterocycles. The van der Waals surface area contributed by atoms with Crippen LogP contribution >= 0.6 is 0 Å². The molecule has 0 aliphatic carbocycles. The second-order valence-corrected chi connectivity index (χ2v) is 6.42. The van der Waals surface area contributed by atoms with E-state index in [2.05, 4.69) is 22.0 Å². The van der Waals surface area contributed by atoms with Crippen molar-refractivity contribution < 1.29 is 14.3 Å². The van der Waals surface area contributed by atoms with E-state index in [0.717, 1.165) is 0 Å². The van der Waals surface area contributed by atoms with Crippen LogP contribution in [0.1, 0.15) is 33.3 Å². The topological polar surface area (TPSA) is 103 Å². The van der Waals surface area contributed by atoms with Crippen LogP contribution in [-0.2, 0) is 9.53 Å². The number of nitrogens with one attached hydrogen (secondary N) is 3. The molecule has 2 atom stereocenters. The van der Waals surface area contributed by atoms with Gasteiger partial charge in [-0.2, -0.15) is 5.26 Å². The second-order valence-electron chi connectivity index (χ2n) is 6.42. The number of fused-ring (bicyclic) bond motifs is 1. The molecule has 0 bridgehead atoms. The van der Waals surface area contributed by atoms with E-state index in [4.69, 9.17) is 10.00 Å². The van der Waals surface area contributed by atoms with Crippen molar-refractivity contribution >= 4 is 23.4 Å². The van der Waals surface area contributed by atoms with Crippen molar-refractivity contribution in [1.29, 1.82) is 5.26 Å². The predicted molar refractivity (Wildman–Crippen MR) is 86.0 cm³/mol. The van der Waals surface area contributed by atoms with Crippen molar-refractivity contribution in [2.75, 3.05) is 10.6 Å². The Kier molecular flexibility index (Phi) is 4.45. The first-order valence-corrected chi connectivity index (χ1v) is 7.30. The molecule has 0 aromatic heterocycles. The Morgan fingerprint density at radius 1 is 1.35 bits per heavy atom. The van der Waals surface area contributed by atoms with Gasteiger partial charge < -0.3 is 20.7 Å². The number of rotatable bonds is 1. The summed E-state index contributed by atoms with van der Waals surface area (Å²) in [5.74, 6) is -0.348. The number of nitrogens with zero attached hydrogens (tertiary/aromatic N) is 1. The van der Waals surface area contributed by atoms with Crippen LogP contribution in [0.4, 0.5) is 16.2 Å². The van der Waals surface area contributed by atoms with Gasteiger partial charge in [0, 0.05) is 0 Å². The van der Waals surface area contributed by atoms with Crippen LogP contribution in [0.2, 0.25) is 0 Å². The molecular formula is C16H20N4O3. The van der Waals surface area contributed by atoms with E-state index in [0.29, 0.717) is 16.9 Å². The minimum Gasteiger partial charge on any atom is -0.444 e. The van der Waals surface area contributed by atoms with Crippen molar-refractivity contribution in [3.8, 4) is 6.07 Å². The summed E-state index contributed by atoms with van der Waals surface area (Å²) in [4.78, 5) is 24.3. The molecule has 1 aliphatic heterocycles. The third-order valence-electron chi connectivity index (χ3n) is 3.24. The molecule has 1 aliphatic rings. The number of hydrogen-bond donors (Lipinski definition) is 3. The zero-order chi connectivity index (χ0) is 17.2. The number of nitriles is 1. The quantitative estimate of drug-likeness (QED) is 0.737. The lowest BCUT2D eigenvalue weighted by molar-refractivity contribution is -0.118. The van der Waals surface area contributed by atoms with Gasteiger partial charge in [-0.3, -0.25) is 4.79 Å². The number of amides is 2. The lowest BCUT2D eigenvalue weighted by Crippen LogP contribution is -2.52. The number of hydrogen-bond acceptors (Lipinski definition) is 5. The molecule has 1 aromatic carbocycles. The first-order valence-electron chi connectivity index (χ1n) is 7.30. The van der Waals surface area contributed by atoms with Gasteiger partial charge in [0.15, 0.2) is 0 Å². The molecule has 1 aromatic rings. The molecule has 0 fully saturated rings. The predicted octanol–water partition coefficient (Wildman–Crippen LogP) is 2.20. The Morgan fingerprint density at radius 3 is 2.65 bits per heavy atom. The van der Waals surface area contributed by atoms with Crippen molar-refractivity contribution in [3.63, 3.8) is 0 Å². The molecule has 2 unspecified atom stereocenters. The van der Waals surface area contributed by atoms with E-state index in [1.165, 1.54) is 0 Å². The van der Waals surface area contributed by atoms with Gasteiger partial charge in [-0.05, 0) is 45.9 Å². The molecule has 3 N–H and O–H groups in total. The average molecular weight is 316 g/mol. The van der Waals surface area contributed by atoms with Gasteiger partial charge in [0.25, 0.3) is 0 Å². The van der Waals surface area contributed by atoms with Crippen LogP contribution in [0.3, 0.4) is 0 Å². The Hall–Kier alpha value is -2.75. The number of anilines is 2. The maximum atomic E-state index is 12.4. The summed E-state index contributed by atoms with van der Waals surface area (Å²) in [7, 11) is 0. The van der Waals surface area contributed by atoms with E-state index in [-0.39, 0.29) is 11.9 Å². The van der Waals surface area contributed by atoms with Gasteiger partial charge in [-0.15, -0.1) is 0 Å². The number of carbonyl (C=O) groups is 2. The third-order valence-corrected chi connectivity index (χ3v) is 3.24. The Balaban J connectivity index is 2.18. The fourth-order valence-corrected chi connectivity index (χ4v) is 2.23. The highest BCUT2D eigenvalue weighted by molar-refractivity contribution is 6.01. The van der Waals surface area contributed by atoms with E-state index in [1.807, 2.05) is 0 Å². The second kappa shape index (κ2) is 6.16. The maximum Gasteiger partial charge on any atom is 0.408 e. The fraction of sp³-hybridized carbons (Fsp3) is 0.438. The monoisotopic (exact) mass is 316 g/mol. The van der Waals surface area contributed by atoms with E-state index in [9.17, 15) is 9.59 Å². The lowest BCUT2D eigenvalue weighted by Gasteiger charge is -2.25. The van der Waals surface area contributed by atoms with Crippen molar-refractivity contribution in [1.82, 2.24) is 5.32 Å². The van der Waals surface area contributed by atoms with Gasteiger partial charge in [0.1, 0.15) is 11.6 Å². The van der Waals surface area contributed by atoms with Crippen molar-refractivity contribution in [2.45, 2.75) is 45.4 Å². The summed E-state index contributed by atoms with van der Waals surface area (Å²) in [6.45, 7) is 7.03. The minimum absolute atomic E-state index is 0.348. The largest absolute Gasteiger partial charge is 0.444 e. The van der Waals surface area contributed by atoms with Gasteiger partial charge in [0.05, 0.1) is 29.0 Å². The highest BCUT2D eigenvalue weighted by Crippen LogP contribution is 2.27. The van der Waals surface area contributed by atoms with Crippen LogP contribution < -0.4 is 16.0 Å². The summed E-state index contributed by atoms with van der Waals surface area (Å²) >= 11 is 0. The molecule has 0 saturated carbocycles. The zero-order valence-corrected chi connectivity index (χ0v) is 13.6. The number of benzene rings is 1. The van der Waals surface area contributed by atoms with Crippen molar-refractivity contribution in [3.05, 3.63) is 23.8 Å². The summed E-state index contributed by atoms with van der Waals surface area (Å²) in [5, 5.41) is 17.4. The van der Waals surface area contributed by atoms with Gasteiger partial charge >= 0.3 is 6.09 Å². The van der Waals surface area contributed by atoms with Crippen LogP contribution in [-0.4, -0.2) is 29.7 Å². The summed E-state index contributed by atoms with van der Waals surface area (Å²) in [6.07, 6.45) is -0.657. The molecule has 23 heavy (non-hydrogen) atoms. The molecule has 0 radical (unpaired) electrons. The van der Waals surface area contributed by atoms with Crippen LogP contribution in [0, 0.1) is 11.3 Å². The highest BCUT2D eigenvalue weighted by atomic mass is 16.6. The molecule has 122 valence electrons. The molecule has 2 amide bonds. The minimum atomic E-state index is -0.803. The van der Waals surface area contributed by atoms with Gasteiger partial charge in [-0.1, -0.05) is 0 Å². The molecule has 7 nitrogen and oxygen atoms in total. The number of ether oxygens (including phenoxy) is 1. The van der Waals surface area contributed by atoms with Crippen molar-refractivity contribution in [2.24, 2.45) is 0 Å². The Bertz CT molecular complexity index is 673. The summed E-state index contributed by atoms with van der Waals surface area (Å²) in [6, 6.07) is 5.80. The number of alkyl carbamates (subject to hydrolysis) is 1. The highest BCUT2D eigenvalue weighted by Gasteiger charge is 2.32. The summed E-state index contributed by atoms with van der Waals surface area (Å²) < 4.78 is 5.19. The van der Waals surface area contributed by atoms with Gasteiger partial charge in [-0.25, -0.2) is 4.79 Å². The van der Waals surface area contributed by atoms with Gasteiger partial charge in [0.2, 0.25) is 5.91 Å². The van der Waals surface area contributed by atoms with Crippen LogP contribution in [0.25, 0.3) is 0 Å². The molecule has 0 spiro atoms. The average Bonchev–Trinajstić information content (AvgIpc) is 2.54. The molecule has 1 heterocycles. The lowest BCUT2D eigenvalue weighted by atomic mass is 10.1. The normalized spacial score (nSPS) is 20.2.